The van der Waals surface area contributed by atoms with E-state index < -0.39 is 0 Å². The van der Waals surface area contributed by atoms with Gasteiger partial charge in [-0.05, 0) is 31.9 Å². The van der Waals surface area contributed by atoms with Gasteiger partial charge in [-0.3, -0.25) is 0 Å². The van der Waals surface area contributed by atoms with Gasteiger partial charge in [-0.1, -0.05) is 19.1 Å². The van der Waals surface area contributed by atoms with Crippen LogP contribution in [0.1, 0.15) is 31.9 Å². The molecule has 0 bridgehead atoms. The number of rotatable bonds is 4. The van der Waals surface area contributed by atoms with Crippen LogP contribution in [0, 0.1) is 5.92 Å². The van der Waals surface area contributed by atoms with Gasteiger partial charge in [0, 0.05) is 11.6 Å². The normalized spacial score (nSPS) is 23.7. The molecule has 0 aliphatic carbocycles. The molecule has 0 saturated carbocycles. The highest BCUT2D eigenvalue weighted by Gasteiger charge is 2.25. The number of ether oxygens (including phenoxy) is 2. The standard InChI is InChI=1S/C14H21NO2/c1-4-17-14-11(6-5-7-13(14)16-3)12-8-10(2)9-15-12/h5-7,10,12,15H,4,8-9H2,1-3H3. The highest BCUT2D eigenvalue weighted by Crippen LogP contribution is 2.38. The van der Waals surface area contributed by atoms with E-state index in [2.05, 4.69) is 18.3 Å². The summed E-state index contributed by atoms with van der Waals surface area (Å²) in [5, 5.41) is 3.54. The molecule has 2 atom stereocenters. The summed E-state index contributed by atoms with van der Waals surface area (Å²) < 4.78 is 11.1. The van der Waals surface area contributed by atoms with Gasteiger partial charge in [-0.15, -0.1) is 0 Å². The van der Waals surface area contributed by atoms with Gasteiger partial charge < -0.3 is 14.8 Å². The van der Waals surface area contributed by atoms with E-state index >= 15 is 0 Å². The van der Waals surface area contributed by atoms with E-state index in [0.29, 0.717) is 12.6 Å². The Balaban J connectivity index is 2.31. The summed E-state index contributed by atoms with van der Waals surface area (Å²) in [6.45, 7) is 6.01. The van der Waals surface area contributed by atoms with Gasteiger partial charge in [0.1, 0.15) is 0 Å². The number of hydrogen-bond acceptors (Lipinski definition) is 3. The van der Waals surface area contributed by atoms with Crippen molar-refractivity contribution >= 4 is 0 Å². The molecule has 2 unspecified atom stereocenters. The molecule has 1 N–H and O–H groups in total. The van der Waals surface area contributed by atoms with Gasteiger partial charge in [-0.2, -0.15) is 0 Å². The molecule has 0 amide bonds. The molecule has 0 aromatic heterocycles. The second-order valence-electron chi connectivity index (χ2n) is 4.61. The molecule has 0 spiro atoms. The molecule has 1 saturated heterocycles. The molecule has 1 aliphatic rings. The second kappa shape index (κ2) is 5.41. The maximum atomic E-state index is 5.74. The Morgan fingerprint density at radius 1 is 1.41 bits per heavy atom. The molecule has 3 nitrogen and oxygen atoms in total. The minimum Gasteiger partial charge on any atom is -0.493 e. The summed E-state index contributed by atoms with van der Waals surface area (Å²) in [7, 11) is 1.69. The lowest BCUT2D eigenvalue weighted by Gasteiger charge is -2.18. The van der Waals surface area contributed by atoms with Crippen LogP contribution in [-0.4, -0.2) is 20.3 Å². The molecule has 1 aliphatic heterocycles. The maximum Gasteiger partial charge on any atom is 0.165 e. The zero-order valence-electron chi connectivity index (χ0n) is 10.8. The minimum atomic E-state index is 0.390. The fourth-order valence-corrected chi connectivity index (χ4v) is 2.42. The number of hydrogen-bond donors (Lipinski definition) is 1. The van der Waals surface area contributed by atoms with Crippen LogP contribution in [0.2, 0.25) is 0 Å². The molecule has 0 radical (unpaired) electrons. The predicted molar refractivity (Wildman–Crippen MR) is 68.7 cm³/mol. The molecule has 3 heteroatoms. The Hall–Kier alpha value is -1.22. The van der Waals surface area contributed by atoms with Crippen molar-refractivity contribution in [2.75, 3.05) is 20.3 Å². The van der Waals surface area contributed by atoms with Crippen molar-refractivity contribution in [3.05, 3.63) is 23.8 Å². The third kappa shape index (κ3) is 2.55. The van der Waals surface area contributed by atoms with Crippen molar-refractivity contribution in [3.63, 3.8) is 0 Å². The van der Waals surface area contributed by atoms with Crippen LogP contribution in [0.25, 0.3) is 0 Å². The molecule has 1 heterocycles. The lowest BCUT2D eigenvalue weighted by Crippen LogP contribution is -2.15. The van der Waals surface area contributed by atoms with Crippen molar-refractivity contribution in [2.24, 2.45) is 5.92 Å². The first-order valence-corrected chi connectivity index (χ1v) is 6.29. The van der Waals surface area contributed by atoms with E-state index in [-0.39, 0.29) is 0 Å². The number of benzene rings is 1. The monoisotopic (exact) mass is 235 g/mol. The van der Waals surface area contributed by atoms with Crippen LogP contribution in [0.3, 0.4) is 0 Å². The molecular formula is C14H21NO2. The Morgan fingerprint density at radius 3 is 2.82 bits per heavy atom. The summed E-state index contributed by atoms with van der Waals surface area (Å²) in [4.78, 5) is 0. The summed E-state index contributed by atoms with van der Waals surface area (Å²) in [5.41, 5.74) is 1.22. The van der Waals surface area contributed by atoms with E-state index in [0.717, 1.165) is 30.4 Å². The van der Waals surface area contributed by atoms with Crippen molar-refractivity contribution in [1.82, 2.24) is 5.32 Å². The van der Waals surface area contributed by atoms with Crippen LogP contribution in [-0.2, 0) is 0 Å². The number of methoxy groups -OCH3 is 1. The van der Waals surface area contributed by atoms with Crippen molar-refractivity contribution in [2.45, 2.75) is 26.3 Å². The van der Waals surface area contributed by atoms with Crippen LogP contribution >= 0.6 is 0 Å². The van der Waals surface area contributed by atoms with Crippen LogP contribution < -0.4 is 14.8 Å². The second-order valence-corrected chi connectivity index (χ2v) is 4.61. The van der Waals surface area contributed by atoms with Gasteiger partial charge in [0.25, 0.3) is 0 Å². The molecular weight excluding hydrogens is 214 g/mol. The first kappa shape index (κ1) is 12.2. The molecule has 17 heavy (non-hydrogen) atoms. The largest absolute Gasteiger partial charge is 0.493 e. The van der Waals surface area contributed by atoms with E-state index in [9.17, 15) is 0 Å². The summed E-state index contributed by atoms with van der Waals surface area (Å²) in [6, 6.07) is 6.50. The first-order chi connectivity index (χ1) is 8.26. The number of para-hydroxylation sites is 1. The van der Waals surface area contributed by atoms with Gasteiger partial charge in [0.15, 0.2) is 11.5 Å². The first-order valence-electron chi connectivity index (χ1n) is 6.29. The fraction of sp³-hybridized carbons (Fsp3) is 0.571. The van der Waals surface area contributed by atoms with Gasteiger partial charge >= 0.3 is 0 Å². The smallest absolute Gasteiger partial charge is 0.165 e. The number of nitrogens with one attached hydrogen (secondary N) is 1. The highest BCUT2D eigenvalue weighted by molar-refractivity contribution is 5.48. The molecule has 1 fully saturated rings. The van der Waals surface area contributed by atoms with Crippen molar-refractivity contribution < 1.29 is 9.47 Å². The van der Waals surface area contributed by atoms with E-state index in [4.69, 9.17) is 9.47 Å². The van der Waals surface area contributed by atoms with Crippen LogP contribution in [0.15, 0.2) is 18.2 Å². The topological polar surface area (TPSA) is 30.5 Å². The molecule has 94 valence electrons. The summed E-state index contributed by atoms with van der Waals surface area (Å²) in [5.74, 6) is 2.44. The average molecular weight is 235 g/mol. The average Bonchev–Trinajstić information content (AvgIpc) is 2.76. The molecule has 2 rings (SSSR count). The van der Waals surface area contributed by atoms with Gasteiger partial charge in [0.2, 0.25) is 0 Å². The Labute approximate surface area is 103 Å². The third-order valence-electron chi connectivity index (χ3n) is 3.24. The minimum absolute atomic E-state index is 0.390. The van der Waals surface area contributed by atoms with Crippen LogP contribution in [0.5, 0.6) is 11.5 Å². The van der Waals surface area contributed by atoms with Crippen LogP contribution in [0.4, 0.5) is 0 Å². The summed E-state index contributed by atoms with van der Waals surface area (Å²) in [6.07, 6.45) is 1.16. The lowest BCUT2D eigenvalue weighted by molar-refractivity contribution is 0.304. The van der Waals surface area contributed by atoms with Crippen molar-refractivity contribution in [3.8, 4) is 11.5 Å². The zero-order valence-corrected chi connectivity index (χ0v) is 10.8. The van der Waals surface area contributed by atoms with Crippen molar-refractivity contribution in [1.29, 1.82) is 0 Å². The predicted octanol–water partition coefficient (Wildman–Crippen LogP) is 2.76. The van der Waals surface area contributed by atoms with Gasteiger partial charge in [0.05, 0.1) is 13.7 Å². The lowest BCUT2D eigenvalue weighted by atomic mass is 10.00. The fourth-order valence-electron chi connectivity index (χ4n) is 2.42. The van der Waals surface area contributed by atoms with E-state index in [1.165, 1.54) is 5.56 Å². The third-order valence-corrected chi connectivity index (χ3v) is 3.24. The Morgan fingerprint density at radius 2 is 2.24 bits per heavy atom. The Bertz CT molecular complexity index is 378. The molecule has 1 aromatic rings. The SMILES string of the molecule is CCOc1c(OC)cccc1C1CC(C)CN1. The zero-order chi connectivity index (χ0) is 12.3. The maximum absolute atomic E-state index is 5.74. The van der Waals surface area contributed by atoms with E-state index in [1.807, 2.05) is 19.1 Å². The highest BCUT2D eigenvalue weighted by atomic mass is 16.5. The Kier molecular flexibility index (Phi) is 3.89. The summed E-state index contributed by atoms with van der Waals surface area (Å²) >= 11 is 0. The van der Waals surface area contributed by atoms with Gasteiger partial charge in [-0.25, -0.2) is 0 Å². The molecule has 1 aromatic carbocycles. The quantitative estimate of drug-likeness (QED) is 0.870. The van der Waals surface area contributed by atoms with E-state index in [1.54, 1.807) is 7.11 Å².